The minimum Gasteiger partial charge on any atom is -0.409 e. The van der Waals surface area contributed by atoms with Crippen molar-refractivity contribution in [2.75, 3.05) is 0 Å². The molecule has 0 heterocycles. The van der Waals surface area contributed by atoms with Crippen LogP contribution in [0.3, 0.4) is 0 Å². The van der Waals surface area contributed by atoms with Crippen molar-refractivity contribution in [2.45, 2.75) is 90.9 Å². The quantitative estimate of drug-likeness (QED) is 0.185. The number of oxime groups is 1. The zero-order valence-corrected chi connectivity index (χ0v) is 13.4. The van der Waals surface area contributed by atoms with Gasteiger partial charge in [0.15, 0.2) is 0 Å². The molecule has 0 aliphatic carbocycles. The molecule has 4 nitrogen and oxygen atoms in total. The largest absolute Gasteiger partial charge is 0.409 e. The van der Waals surface area contributed by atoms with Gasteiger partial charge in [0.2, 0.25) is 0 Å². The molecule has 0 saturated heterocycles. The van der Waals surface area contributed by atoms with Gasteiger partial charge in [-0.3, -0.25) is 0 Å². The molecule has 0 aromatic carbocycles. The Labute approximate surface area is 125 Å². The lowest BCUT2D eigenvalue weighted by Gasteiger charge is -1.97. The van der Waals surface area contributed by atoms with Gasteiger partial charge in [-0.05, 0) is 12.8 Å². The highest BCUT2D eigenvalue weighted by molar-refractivity contribution is 5.79. The van der Waals surface area contributed by atoms with Crippen molar-refractivity contribution in [3.05, 3.63) is 0 Å². The fourth-order valence-electron chi connectivity index (χ4n) is 1.77. The summed E-state index contributed by atoms with van der Waals surface area (Å²) in [5, 5.41) is 19.3. The second-order valence-electron chi connectivity index (χ2n) is 5.08. The third kappa shape index (κ3) is 22.0. The maximum absolute atomic E-state index is 8.20. The van der Waals surface area contributed by atoms with E-state index < -0.39 is 0 Å². The Balaban J connectivity index is 0. The van der Waals surface area contributed by atoms with Crippen molar-refractivity contribution in [1.29, 1.82) is 5.26 Å². The number of hydrogen-bond acceptors (Lipinski definition) is 3. The van der Waals surface area contributed by atoms with Crippen molar-refractivity contribution < 1.29 is 5.21 Å². The van der Waals surface area contributed by atoms with Gasteiger partial charge in [-0.15, -0.1) is 0 Å². The molecule has 0 aromatic rings. The van der Waals surface area contributed by atoms with E-state index in [0.29, 0.717) is 5.84 Å². The summed E-state index contributed by atoms with van der Waals surface area (Å²) < 4.78 is 0. The van der Waals surface area contributed by atoms with Gasteiger partial charge >= 0.3 is 0 Å². The van der Waals surface area contributed by atoms with Crippen LogP contribution in [0, 0.1) is 11.3 Å². The Hall–Kier alpha value is -1.24. The SMILES string of the molecule is CCCCCCC/C(N)=N/O.CCCCCCCC#N. The van der Waals surface area contributed by atoms with Gasteiger partial charge in [0.1, 0.15) is 5.84 Å². The van der Waals surface area contributed by atoms with Crippen LogP contribution in [0.5, 0.6) is 0 Å². The Morgan fingerprint density at radius 2 is 1.45 bits per heavy atom. The van der Waals surface area contributed by atoms with E-state index >= 15 is 0 Å². The monoisotopic (exact) mass is 283 g/mol. The summed E-state index contributed by atoms with van der Waals surface area (Å²) in [4.78, 5) is 0. The van der Waals surface area contributed by atoms with E-state index in [1.165, 1.54) is 51.4 Å². The molecule has 0 rings (SSSR count). The fraction of sp³-hybridized carbons (Fsp3) is 0.875. The first kappa shape index (κ1) is 21.1. The molecule has 0 atom stereocenters. The number of rotatable bonds is 11. The molecule has 0 aliphatic rings. The third-order valence-corrected chi connectivity index (χ3v) is 3.06. The standard InChI is InChI=1S/C8H18N2O.C8H15N/c1-2-3-4-5-6-7-8(9)10-11;1-2-3-4-5-6-7-8-9/h11H,2-7H2,1H3,(H2,9,10);2-7H2,1H3. The average Bonchev–Trinajstić information content (AvgIpc) is 2.47. The average molecular weight is 283 g/mol. The number of unbranched alkanes of at least 4 members (excludes halogenated alkanes) is 9. The molecule has 0 bridgehead atoms. The second-order valence-corrected chi connectivity index (χ2v) is 5.08. The summed E-state index contributed by atoms with van der Waals surface area (Å²) in [5.41, 5.74) is 5.29. The second kappa shape index (κ2) is 20.1. The summed E-state index contributed by atoms with van der Waals surface area (Å²) >= 11 is 0. The molecular formula is C16H33N3O. The molecule has 0 aromatic heterocycles. The van der Waals surface area contributed by atoms with Gasteiger partial charge in [-0.25, -0.2) is 0 Å². The number of hydrogen-bond donors (Lipinski definition) is 2. The van der Waals surface area contributed by atoms with E-state index in [2.05, 4.69) is 25.1 Å². The van der Waals surface area contributed by atoms with Crippen LogP contribution in [0.25, 0.3) is 0 Å². The van der Waals surface area contributed by atoms with Crippen LogP contribution in [-0.2, 0) is 0 Å². The van der Waals surface area contributed by atoms with Gasteiger partial charge in [0.05, 0.1) is 6.07 Å². The number of nitriles is 1. The molecule has 118 valence electrons. The molecule has 0 amide bonds. The van der Waals surface area contributed by atoms with Crippen molar-refractivity contribution in [2.24, 2.45) is 10.9 Å². The lowest BCUT2D eigenvalue weighted by Crippen LogP contribution is -2.10. The molecular weight excluding hydrogens is 250 g/mol. The lowest BCUT2D eigenvalue weighted by atomic mass is 10.1. The van der Waals surface area contributed by atoms with Crippen molar-refractivity contribution >= 4 is 5.84 Å². The van der Waals surface area contributed by atoms with Crippen LogP contribution >= 0.6 is 0 Å². The van der Waals surface area contributed by atoms with Gasteiger partial charge in [0.25, 0.3) is 0 Å². The van der Waals surface area contributed by atoms with Crippen molar-refractivity contribution in [3.63, 3.8) is 0 Å². The fourth-order valence-corrected chi connectivity index (χ4v) is 1.77. The van der Waals surface area contributed by atoms with Crippen LogP contribution in [0.2, 0.25) is 0 Å². The summed E-state index contributed by atoms with van der Waals surface area (Å²) in [5.74, 6) is 0.349. The molecule has 0 radical (unpaired) electrons. The van der Waals surface area contributed by atoms with Crippen LogP contribution in [0.1, 0.15) is 90.9 Å². The highest BCUT2D eigenvalue weighted by Crippen LogP contribution is 2.04. The molecule has 20 heavy (non-hydrogen) atoms. The zero-order valence-electron chi connectivity index (χ0n) is 13.4. The number of nitrogens with two attached hydrogens (primary N) is 1. The van der Waals surface area contributed by atoms with E-state index in [-0.39, 0.29) is 0 Å². The zero-order chi connectivity index (χ0) is 15.5. The smallest absolute Gasteiger partial charge is 0.139 e. The summed E-state index contributed by atoms with van der Waals surface area (Å²) in [6.07, 6.45) is 13.7. The predicted octanol–water partition coefficient (Wildman–Crippen LogP) is 4.96. The minimum atomic E-state index is 0.349. The molecule has 0 saturated carbocycles. The topological polar surface area (TPSA) is 82.4 Å². The van der Waals surface area contributed by atoms with E-state index in [1.54, 1.807) is 0 Å². The molecule has 0 fully saturated rings. The minimum absolute atomic E-state index is 0.349. The van der Waals surface area contributed by atoms with E-state index in [4.69, 9.17) is 16.2 Å². The van der Waals surface area contributed by atoms with Gasteiger partial charge in [-0.1, -0.05) is 70.4 Å². The van der Waals surface area contributed by atoms with Gasteiger partial charge < -0.3 is 10.9 Å². The Bertz CT molecular complexity index is 247. The Kier molecular flexibility index (Phi) is 21.2. The van der Waals surface area contributed by atoms with E-state index in [1.807, 2.05) is 0 Å². The normalized spacial score (nSPS) is 10.6. The van der Waals surface area contributed by atoms with Gasteiger partial charge in [-0.2, -0.15) is 5.26 Å². The maximum atomic E-state index is 8.20. The van der Waals surface area contributed by atoms with Crippen molar-refractivity contribution in [1.82, 2.24) is 0 Å². The molecule has 4 heteroatoms. The third-order valence-electron chi connectivity index (χ3n) is 3.06. The summed E-state index contributed by atoms with van der Waals surface area (Å²) in [6.45, 7) is 4.38. The summed E-state index contributed by atoms with van der Waals surface area (Å²) in [7, 11) is 0. The maximum Gasteiger partial charge on any atom is 0.139 e. The van der Waals surface area contributed by atoms with Crippen LogP contribution in [0.4, 0.5) is 0 Å². The highest BCUT2D eigenvalue weighted by atomic mass is 16.4. The van der Waals surface area contributed by atoms with E-state index in [0.717, 1.165) is 25.7 Å². The van der Waals surface area contributed by atoms with Crippen LogP contribution in [0.15, 0.2) is 5.16 Å². The molecule has 0 unspecified atom stereocenters. The van der Waals surface area contributed by atoms with Crippen molar-refractivity contribution in [3.8, 4) is 6.07 Å². The first-order valence-electron chi connectivity index (χ1n) is 8.06. The lowest BCUT2D eigenvalue weighted by molar-refractivity contribution is 0.316. The first-order valence-corrected chi connectivity index (χ1v) is 8.06. The van der Waals surface area contributed by atoms with Crippen LogP contribution in [-0.4, -0.2) is 11.0 Å². The Morgan fingerprint density at radius 1 is 0.950 bits per heavy atom. The molecule has 3 N–H and O–H groups in total. The van der Waals surface area contributed by atoms with Gasteiger partial charge in [0, 0.05) is 12.8 Å². The Morgan fingerprint density at radius 3 is 1.90 bits per heavy atom. The van der Waals surface area contributed by atoms with E-state index in [9.17, 15) is 0 Å². The predicted molar refractivity (Wildman–Crippen MR) is 85.8 cm³/mol. The number of nitrogens with zero attached hydrogens (tertiary/aromatic N) is 2. The summed E-state index contributed by atoms with van der Waals surface area (Å²) in [6, 6.07) is 2.14. The number of amidine groups is 1. The molecule has 0 spiro atoms. The highest BCUT2D eigenvalue weighted by Gasteiger charge is 1.92. The first-order chi connectivity index (χ1) is 9.72. The molecule has 0 aliphatic heterocycles. The van der Waals surface area contributed by atoms with Crippen LogP contribution < -0.4 is 5.73 Å².